The molecule has 1 heterocycles. The quantitative estimate of drug-likeness (QED) is 0.623. The predicted octanol–water partition coefficient (Wildman–Crippen LogP) is 1.64. The minimum absolute atomic E-state index is 0.0586. The zero-order valence-corrected chi connectivity index (χ0v) is 5.84. The van der Waals surface area contributed by atoms with Gasteiger partial charge in [0, 0.05) is 19.5 Å². The number of rotatable bonds is 2. The highest BCUT2D eigenvalue weighted by Crippen LogP contribution is 2.29. The van der Waals surface area contributed by atoms with Crippen LogP contribution in [0.1, 0.15) is 12.8 Å². The van der Waals surface area contributed by atoms with E-state index in [0.717, 1.165) is 0 Å². The molecule has 1 saturated heterocycles. The van der Waals surface area contributed by atoms with Crippen LogP contribution >= 0.6 is 0 Å². The van der Waals surface area contributed by atoms with Gasteiger partial charge < -0.3 is 5.32 Å². The lowest BCUT2D eigenvalue weighted by molar-refractivity contribution is -0.144. The van der Waals surface area contributed by atoms with Crippen LogP contribution in [0.3, 0.4) is 0 Å². The molecule has 1 rings (SSSR count). The largest absolute Gasteiger partial charge is 0.389 e. The van der Waals surface area contributed by atoms with E-state index in [0.29, 0.717) is 0 Å². The molecule has 0 radical (unpaired) electrons. The SMILES string of the molecule is FC(F)(F)CCC1(F)CNC1. The van der Waals surface area contributed by atoms with Crippen molar-refractivity contribution in [3.63, 3.8) is 0 Å². The first-order chi connectivity index (χ1) is 4.91. The van der Waals surface area contributed by atoms with Crippen LogP contribution in [-0.2, 0) is 0 Å². The first-order valence-electron chi connectivity index (χ1n) is 3.38. The summed E-state index contributed by atoms with van der Waals surface area (Å²) >= 11 is 0. The second-order valence-corrected chi connectivity index (χ2v) is 2.87. The van der Waals surface area contributed by atoms with Crippen molar-refractivity contribution in [1.29, 1.82) is 0 Å². The molecule has 1 fully saturated rings. The maximum absolute atomic E-state index is 12.9. The molecule has 0 aliphatic carbocycles. The third-order valence-electron chi connectivity index (χ3n) is 1.74. The highest BCUT2D eigenvalue weighted by atomic mass is 19.4. The van der Waals surface area contributed by atoms with Crippen molar-refractivity contribution in [2.45, 2.75) is 24.7 Å². The van der Waals surface area contributed by atoms with E-state index in [-0.39, 0.29) is 13.1 Å². The minimum Gasteiger partial charge on any atom is -0.310 e. The van der Waals surface area contributed by atoms with Crippen molar-refractivity contribution in [3.8, 4) is 0 Å². The Morgan fingerprint density at radius 3 is 2.09 bits per heavy atom. The third-order valence-corrected chi connectivity index (χ3v) is 1.74. The Hall–Kier alpha value is -0.320. The van der Waals surface area contributed by atoms with Gasteiger partial charge in [-0.15, -0.1) is 0 Å². The van der Waals surface area contributed by atoms with Crippen molar-refractivity contribution in [3.05, 3.63) is 0 Å². The predicted molar refractivity (Wildman–Crippen MR) is 32.0 cm³/mol. The molecule has 1 nitrogen and oxygen atoms in total. The highest BCUT2D eigenvalue weighted by Gasteiger charge is 2.40. The van der Waals surface area contributed by atoms with Crippen LogP contribution < -0.4 is 5.32 Å². The van der Waals surface area contributed by atoms with Gasteiger partial charge in [0.05, 0.1) is 0 Å². The Morgan fingerprint density at radius 2 is 1.82 bits per heavy atom. The summed E-state index contributed by atoms with van der Waals surface area (Å²) in [5.74, 6) is 0. The molecule has 0 atom stereocenters. The van der Waals surface area contributed by atoms with Gasteiger partial charge in [0.1, 0.15) is 5.67 Å². The van der Waals surface area contributed by atoms with E-state index in [4.69, 9.17) is 0 Å². The highest BCUT2D eigenvalue weighted by molar-refractivity contribution is 4.93. The first kappa shape index (κ1) is 8.77. The zero-order valence-electron chi connectivity index (χ0n) is 5.84. The van der Waals surface area contributed by atoms with Crippen LogP contribution in [0, 0.1) is 0 Å². The summed E-state index contributed by atoms with van der Waals surface area (Å²) in [5, 5.41) is 2.60. The summed E-state index contributed by atoms with van der Waals surface area (Å²) < 4.78 is 47.6. The molecule has 0 bridgehead atoms. The Labute approximate surface area is 61.8 Å². The van der Waals surface area contributed by atoms with Gasteiger partial charge in [0.15, 0.2) is 0 Å². The maximum atomic E-state index is 12.9. The summed E-state index contributed by atoms with van der Waals surface area (Å²) in [6.45, 7) is 0.117. The second kappa shape index (κ2) is 2.62. The number of alkyl halides is 4. The summed E-state index contributed by atoms with van der Waals surface area (Å²) in [6, 6.07) is 0. The Balaban J connectivity index is 2.21. The molecule has 1 aliphatic heterocycles. The topological polar surface area (TPSA) is 12.0 Å². The van der Waals surface area contributed by atoms with Gasteiger partial charge in [0.2, 0.25) is 0 Å². The summed E-state index contributed by atoms with van der Waals surface area (Å²) in [5.41, 5.74) is -1.60. The van der Waals surface area contributed by atoms with E-state index in [1.807, 2.05) is 0 Å². The van der Waals surface area contributed by atoms with Gasteiger partial charge in [0.25, 0.3) is 0 Å². The van der Waals surface area contributed by atoms with Crippen LogP contribution in [0.4, 0.5) is 17.6 Å². The molecule has 0 aromatic carbocycles. The molecular formula is C6H9F4N. The van der Waals surface area contributed by atoms with Crippen LogP contribution in [-0.4, -0.2) is 24.9 Å². The molecule has 0 amide bonds. The second-order valence-electron chi connectivity index (χ2n) is 2.87. The van der Waals surface area contributed by atoms with Crippen molar-refractivity contribution in [2.75, 3.05) is 13.1 Å². The molecule has 11 heavy (non-hydrogen) atoms. The Bertz CT molecular complexity index is 138. The van der Waals surface area contributed by atoms with Crippen LogP contribution in [0.2, 0.25) is 0 Å². The minimum atomic E-state index is -4.23. The lowest BCUT2D eigenvalue weighted by atomic mass is 9.93. The van der Waals surface area contributed by atoms with Gasteiger partial charge in [-0.05, 0) is 6.42 Å². The van der Waals surface area contributed by atoms with Gasteiger partial charge in [-0.2, -0.15) is 13.2 Å². The van der Waals surface area contributed by atoms with E-state index in [9.17, 15) is 17.6 Å². The lowest BCUT2D eigenvalue weighted by Crippen LogP contribution is -2.56. The average molecular weight is 171 g/mol. The summed E-state index contributed by atoms with van der Waals surface area (Å²) in [6.07, 6.45) is -5.66. The van der Waals surface area contributed by atoms with E-state index in [1.54, 1.807) is 0 Å². The molecule has 0 aromatic rings. The lowest BCUT2D eigenvalue weighted by Gasteiger charge is -2.35. The van der Waals surface area contributed by atoms with Crippen molar-refractivity contribution in [2.24, 2.45) is 0 Å². The molecule has 5 heteroatoms. The molecule has 1 N–H and O–H groups in total. The Kier molecular flexibility index (Phi) is 2.09. The molecular weight excluding hydrogens is 162 g/mol. The smallest absolute Gasteiger partial charge is 0.310 e. The molecule has 0 saturated carbocycles. The monoisotopic (exact) mass is 171 g/mol. The van der Waals surface area contributed by atoms with E-state index >= 15 is 0 Å². The summed E-state index contributed by atoms with van der Waals surface area (Å²) in [4.78, 5) is 0. The van der Waals surface area contributed by atoms with Crippen LogP contribution in [0.5, 0.6) is 0 Å². The fourth-order valence-electron chi connectivity index (χ4n) is 0.939. The standard InChI is InChI=1S/C6H9F4N/c7-5(3-11-4-5)1-2-6(8,9)10/h11H,1-4H2. The number of hydrogen-bond acceptors (Lipinski definition) is 1. The van der Waals surface area contributed by atoms with Crippen molar-refractivity contribution in [1.82, 2.24) is 5.32 Å². The van der Waals surface area contributed by atoms with Crippen molar-refractivity contribution >= 4 is 0 Å². The normalized spacial score (nSPS) is 22.9. The molecule has 0 aromatic heterocycles. The number of nitrogens with one attached hydrogen (secondary N) is 1. The fourth-order valence-corrected chi connectivity index (χ4v) is 0.939. The number of hydrogen-bond donors (Lipinski definition) is 1. The molecule has 0 unspecified atom stereocenters. The summed E-state index contributed by atoms with van der Waals surface area (Å²) in [7, 11) is 0. The van der Waals surface area contributed by atoms with Crippen molar-refractivity contribution < 1.29 is 17.6 Å². The molecule has 0 spiro atoms. The van der Waals surface area contributed by atoms with E-state index < -0.39 is 24.7 Å². The maximum Gasteiger partial charge on any atom is 0.389 e. The number of halogens is 4. The molecule has 1 aliphatic rings. The van der Waals surface area contributed by atoms with E-state index in [2.05, 4.69) is 5.32 Å². The average Bonchev–Trinajstić information content (AvgIpc) is 1.77. The van der Waals surface area contributed by atoms with Gasteiger partial charge in [-0.25, -0.2) is 4.39 Å². The molecule has 66 valence electrons. The van der Waals surface area contributed by atoms with E-state index in [1.165, 1.54) is 0 Å². The first-order valence-corrected chi connectivity index (χ1v) is 3.38. The van der Waals surface area contributed by atoms with Gasteiger partial charge >= 0.3 is 6.18 Å². The van der Waals surface area contributed by atoms with Crippen LogP contribution in [0.15, 0.2) is 0 Å². The third kappa shape index (κ3) is 2.65. The zero-order chi connectivity index (χ0) is 8.54. The van der Waals surface area contributed by atoms with Crippen LogP contribution in [0.25, 0.3) is 0 Å². The fraction of sp³-hybridized carbons (Fsp3) is 1.00. The van der Waals surface area contributed by atoms with Gasteiger partial charge in [-0.3, -0.25) is 0 Å². The Morgan fingerprint density at radius 1 is 1.27 bits per heavy atom. The van der Waals surface area contributed by atoms with Gasteiger partial charge in [-0.1, -0.05) is 0 Å².